The Hall–Kier alpha value is -2.88. The number of carbonyl (C=O) groups is 1. The lowest BCUT2D eigenvalue weighted by molar-refractivity contribution is 0.0991. The molecule has 2 aromatic carbocycles. The van der Waals surface area contributed by atoms with Crippen LogP contribution in [-0.2, 0) is 6.42 Å². The van der Waals surface area contributed by atoms with Crippen molar-refractivity contribution in [2.24, 2.45) is 0 Å². The Bertz CT molecular complexity index is 943. The minimum Gasteiger partial charge on any atom is -0.322 e. The van der Waals surface area contributed by atoms with Crippen LogP contribution in [0.25, 0.3) is 10.9 Å². The highest BCUT2D eigenvalue weighted by Crippen LogP contribution is 2.29. The molecule has 1 aromatic heterocycles. The second-order valence-corrected chi connectivity index (χ2v) is 5.43. The maximum Gasteiger partial charge on any atom is 0.259 e. The summed E-state index contributed by atoms with van der Waals surface area (Å²) in [5.41, 5.74) is 3.00. The number of aromatic amines is 1. The van der Waals surface area contributed by atoms with Gasteiger partial charge in [-0.25, -0.2) is 0 Å². The van der Waals surface area contributed by atoms with Gasteiger partial charge in [0.1, 0.15) is 0 Å². The number of carbonyl (C=O) groups excluding carboxylic acids is 1. The van der Waals surface area contributed by atoms with Crippen molar-refractivity contribution in [2.75, 3.05) is 11.4 Å². The Morgan fingerprint density at radius 1 is 1.05 bits per heavy atom. The first-order valence-corrected chi connectivity index (χ1v) is 7.26. The molecule has 1 amide bonds. The monoisotopic (exact) mass is 290 g/mol. The summed E-state index contributed by atoms with van der Waals surface area (Å²) in [5, 5.41) is 0.775. The van der Waals surface area contributed by atoms with Gasteiger partial charge in [0.2, 0.25) is 5.56 Å². The fourth-order valence-electron chi connectivity index (χ4n) is 3.08. The van der Waals surface area contributed by atoms with Gasteiger partial charge in [0, 0.05) is 29.2 Å². The number of fused-ring (bicyclic) bond motifs is 2. The van der Waals surface area contributed by atoms with Crippen LogP contribution < -0.4 is 10.5 Å². The first kappa shape index (κ1) is 12.8. The first-order chi connectivity index (χ1) is 10.7. The third-order valence-electron chi connectivity index (χ3n) is 4.11. The van der Waals surface area contributed by atoms with E-state index in [2.05, 4.69) is 4.98 Å². The molecular formula is C18H14N2O2. The molecule has 1 N–H and O–H groups in total. The van der Waals surface area contributed by atoms with E-state index in [1.165, 1.54) is 11.6 Å². The number of aromatic nitrogens is 1. The van der Waals surface area contributed by atoms with Gasteiger partial charge in [-0.05, 0) is 24.1 Å². The van der Waals surface area contributed by atoms with Crippen LogP contribution >= 0.6 is 0 Å². The Labute approximate surface area is 127 Å². The van der Waals surface area contributed by atoms with Crippen LogP contribution in [-0.4, -0.2) is 17.4 Å². The van der Waals surface area contributed by atoms with E-state index in [0.717, 1.165) is 17.5 Å². The van der Waals surface area contributed by atoms with Crippen molar-refractivity contribution >= 4 is 22.5 Å². The number of amides is 1. The Kier molecular flexibility index (Phi) is 2.82. The SMILES string of the molecule is O=C(c1cc(=O)[nH]c2ccccc12)N1CCc2ccccc21. The number of rotatable bonds is 1. The van der Waals surface area contributed by atoms with Crippen LogP contribution in [0.4, 0.5) is 5.69 Å². The maximum absolute atomic E-state index is 12.9. The van der Waals surface area contributed by atoms with Crippen LogP contribution in [0.15, 0.2) is 59.4 Å². The molecule has 3 aromatic rings. The van der Waals surface area contributed by atoms with Gasteiger partial charge in [0.25, 0.3) is 5.91 Å². The summed E-state index contributed by atoms with van der Waals surface area (Å²) in [4.78, 5) is 29.3. The number of pyridine rings is 1. The molecule has 0 saturated heterocycles. The highest BCUT2D eigenvalue weighted by molar-refractivity contribution is 6.14. The van der Waals surface area contributed by atoms with Gasteiger partial charge in [-0.15, -0.1) is 0 Å². The molecule has 0 unspecified atom stereocenters. The quantitative estimate of drug-likeness (QED) is 0.749. The molecule has 0 bridgehead atoms. The van der Waals surface area contributed by atoms with Crippen molar-refractivity contribution in [1.29, 1.82) is 0 Å². The lowest BCUT2D eigenvalue weighted by atomic mass is 10.1. The fraction of sp³-hybridized carbons (Fsp3) is 0.111. The van der Waals surface area contributed by atoms with Gasteiger partial charge in [-0.3, -0.25) is 9.59 Å². The largest absolute Gasteiger partial charge is 0.322 e. The van der Waals surface area contributed by atoms with E-state index in [0.29, 0.717) is 17.6 Å². The number of benzene rings is 2. The lowest BCUT2D eigenvalue weighted by Crippen LogP contribution is -2.30. The Balaban J connectivity index is 1.87. The molecule has 0 atom stereocenters. The third-order valence-corrected chi connectivity index (χ3v) is 4.11. The summed E-state index contributed by atoms with van der Waals surface area (Å²) in [6.45, 7) is 0.652. The van der Waals surface area contributed by atoms with E-state index in [4.69, 9.17) is 0 Å². The predicted molar refractivity (Wildman–Crippen MR) is 86.4 cm³/mol. The first-order valence-electron chi connectivity index (χ1n) is 7.26. The average molecular weight is 290 g/mol. The summed E-state index contributed by atoms with van der Waals surface area (Å²) in [7, 11) is 0. The van der Waals surface area contributed by atoms with Crippen LogP contribution in [0.2, 0.25) is 0 Å². The molecule has 1 aliphatic heterocycles. The highest BCUT2D eigenvalue weighted by Gasteiger charge is 2.26. The molecule has 2 heterocycles. The molecule has 0 saturated carbocycles. The summed E-state index contributed by atoms with van der Waals surface area (Å²) in [6.07, 6.45) is 0.850. The molecule has 0 fully saturated rings. The third kappa shape index (κ3) is 1.92. The standard InChI is InChI=1S/C18H14N2O2/c21-17-11-14(13-6-2-3-7-15(13)19-17)18(22)20-10-9-12-5-1-4-8-16(12)20/h1-8,11H,9-10H2,(H,19,21). The summed E-state index contributed by atoms with van der Waals surface area (Å²) in [5.74, 6) is -0.118. The number of hydrogen-bond acceptors (Lipinski definition) is 2. The topological polar surface area (TPSA) is 53.2 Å². The molecule has 4 rings (SSSR count). The smallest absolute Gasteiger partial charge is 0.259 e. The number of anilines is 1. The molecule has 4 nitrogen and oxygen atoms in total. The Morgan fingerprint density at radius 2 is 1.82 bits per heavy atom. The van der Waals surface area contributed by atoms with Crippen molar-refractivity contribution in [3.8, 4) is 0 Å². The summed E-state index contributed by atoms with van der Waals surface area (Å²) >= 11 is 0. The molecule has 22 heavy (non-hydrogen) atoms. The van der Waals surface area contributed by atoms with E-state index < -0.39 is 0 Å². The van der Waals surface area contributed by atoms with Gasteiger partial charge >= 0.3 is 0 Å². The van der Waals surface area contributed by atoms with Crippen molar-refractivity contribution in [3.63, 3.8) is 0 Å². The van der Waals surface area contributed by atoms with Crippen LogP contribution in [0, 0.1) is 0 Å². The highest BCUT2D eigenvalue weighted by atomic mass is 16.2. The minimum atomic E-state index is -0.255. The predicted octanol–water partition coefficient (Wildman–Crippen LogP) is 2.73. The maximum atomic E-state index is 12.9. The van der Waals surface area contributed by atoms with Gasteiger partial charge in [-0.1, -0.05) is 36.4 Å². The molecule has 1 aliphatic rings. The Morgan fingerprint density at radius 3 is 2.73 bits per heavy atom. The van der Waals surface area contributed by atoms with E-state index in [9.17, 15) is 9.59 Å². The second-order valence-electron chi connectivity index (χ2n) is 5.43. The van der Waals surface area contributed by atoms with Gasteiger partial charge < -0.3 is 9.88 Å². The number of H-pyrrole nitrogens is 1. The van der Waals surface area contributed by atoms with Crippen molar-refractivity contribution in [2.45, 2.75) is 6.42 Å². The average Bonchev–Trinajstić information content (AvgIpc) is 2.97. The van der Waals surface area contributed by atoms with Gasteiger partial charge in [-0.2, -0.15) is 0 Å². The van der Waals surface area contributed by atoms with Crippen LogP contribution in [0.5, 0.6) is 0 Å². The second kappa shape index (κ2) is 4.84. The molecule has 108 valence electrons. The number of nitrogens with zero attached hydrogens (tertiary/aromatic N) is 1. The zero-order chi connectivity index (χ0) is 15.1. The van der Waals surface area contributed by atoms with Gasteiger partial charge in [0.05, 0.1) is 5.56 Å². The minimum absolute atomic E-state index is 0.118. The van der Waals surface area contributed by atoms with E-state index in [1.807, 2.05) is 48.5 Å². The number of hydrogen-bond donors (Lipinski definition) is 1. The zero-order valence-electron chi connectivity index (χ0n) is 11.9. The fourth-order valence-corrected chi connectivity index (χ4v) is 3.08. The molecule has 0 radical (unpaired) electrons. The lowest BCUT2D eigenvalue weighted by Gasteiger charge is -2.18. The van der Waals surface area contributed by atoms with Crippen LogP contribution in [0.1, 0.15) is 15.9 Å². The number of nitrogens with one attached hydrogen (secondary N) is 1. The van der Waals surface area contributed by atoms with Gasteiger partial charge in [0.15, 0.2) is 0 Å². The van der Waals surface area contributed by atoms with Crippen molar-refractivity contribution < 1.29 is 4.79 Å². The van der Waals surface area contributed by atoms with Crippen molar-refractivity contribution in [1.82, 2.24) is 4.98 Å². The molecule has 0 aliphatic carbocycles. The molecule has 0 spiro atoms. The van der Waals surface area contributed by atoms with Crippen LogP contribution in [0.3, 0.4) is 0 Å². The van der Waals surface area contributed by atoms with E-state index >= 15 is 0 Å². The van der Waals surface area contributed by atoms with E-state index in [-0.39, 0.29) is 11.5 Å². The van der Waals surface area contributed by atoms with Crippen molar-refractivity contribution in [3.05, 3.63) is 76.1 Å². The summed E-state index contributed by atoms with van der Waals surface area (Å²) in [6, 6.07) is 16.7. The summed E-state index contributed by atoms with van der Waals surface area (Å²) < 4.78 is 0. The molecular weight excluding hydrogens is 276 g/mol. The van der Waals surface area contributed by atoms with E-state index in [1.54, 1.807) is 4.90 Å². The number of para-hydroxylation sites is 2. The molecule has 4 heteroatoms. The zero-order valence-corrected chi connectivity index (χ0v) is 11.9. The normalized spacial score (nSPS) is 13.4.